The molecular formula is C30H32F3N3O4. The summed E-state index contributed by atoms with van der Waals surface area (Å²) in [5.74, 6) is -0.192. The van der Waals surface area contributed by atoms with E-state index in [1.54, 1.807) is 25.1 Å². The molecule has 0 amide bonds. The molecule has 1 saturated carbocycles. The smallest absolute Gasteiger partial charge is 0.478 e. The predicted octanol–water partition coefficient (Wildman–Crippen LogP) is 6.28. The topological polar surface area (TPSA) is 79.0 Å². The number of piperazine rings is 1. The predicted molar refractivity (Wildman–Crippen MR) is 145 cm³/mol. The van der Waals surface area contributed by atoms with Gasteiger partial charge in [-0.25, -0.2) is 4.79 Å². The molecule has 0 unspecified atom stereocenters. The van der Waals surface area contributed by atoms with E-state index < -0.39 is 12.3 Å². The van der Waals surface area contributed by atoms with Crippen molar-refractivity contribution < 1.29 is 32.3 Å². The summed E-state index contributed by atoms with van der Waals surface area (Å²) in [4.78, 5) is 16.2. The van der Waals surface area contributed by atoms with Gasteiger partial charge in [0.1, 0.15) is 17.2 Å². The number of carboxylic acids is 1. The Hall–Kier alpha value is -3.79. The maximum atomic E-state index is 13.0. The van der Waals surface area contributed by atoms with Crippen molar-refractivity contribution in [3.05, 3.63) is 71.0 Å². The third-order valence-corrected chi connectivity index (χ3v) is 7.57. The van der Waals surface area contributed by atoms with Gasteiger partial charge in [0.25, 0.3) is 0 Å². The zero-order valence-corrected chi connectivity index (χ0v) is 22.5. The van der Waals surface area contributed by atoms with Crippen LogP contribution in [0.4, 0.5) is 18.9 Å². The van der Waals surface area contributed by atoms with Gasteiger partial charge in [0.2, 0.25) is 0 Å². The van der Waals surface area contributed by atoms with Gasteiger partial charge in [-0.05, 0) is 68.5 Å². The fourth-order valence-electron chi connectivity index (χ4n) is 5.36. The molecule has 0 bridgehead atoms. The van der Waals surface area contributed by atoms with E-state index in [4.69, 9.17) is 4.52 Å². The number of hydrogen-bond donors (Lipinski definition) is 1. The number of ether oxygens (including phenoxy) is 1. The van der Waals surface area contributed by atoms with Gasteiger partial charge in [0, 0.05) is 55.5 Å². The first-order chi connectivity index (χ1) is 19.1. The summed E-state index contributed by atoms with van der Waals surface area (Å²) < 4.78 is 49.1. The SMILES string of the molecule is C/C=C(/C(=O)O)c1ccc(N2CCN(CCc3c(-c4ccccc4OC(F)(F)F)noc3C3CC3)CC2)cc1C. The van der Waals surface area contributed by atoms with E-state index >= 15 is 0 Å². The van der Waals surface area contributed by atoms with E-state index in [0.29, 0.717) is 17.7 Å². The monoisotopic (exact) mass is 555 g/mol. The lowest BCUT2D eigenvalue weighted by atomic mass is 9.99. The number of aryl methyl sites for hydroxylation is 1. The first-order valence-electron chi connectivity index (χ1n) is 13.5. The molecule has 40 heavy (non-hydrogen) atoms. The number of carbonyl (C=O) groups is 1. The van der Waals surface area contributed by atoms with Gasteiger partial charge in [-0.1, -0.05) is 29.4 Å². The van der Waals surface area contributed by atoms with Crippen LogP contribution in [-0.2, 0) is 11.2 Å². The number of benzene rings is 2. The minimum Gasteiger partial charge on any atom is -0.478 e. The van der Waals surface area contributed by atoms with Gasteiger partial charge in [0.05, 0.1) is 5.57 Å². The summed E-state index contributed by atoms with van der Waals surface area (Å²) in [6.07, 6.45) is -0.605. The molecule has 0 radical (unpaired) electrons. The molecule has 2 fully saturated rings. The van der Waals surface area contributed by atoms with Gasteiger partial charge in [-0.2, -0.15) is 0 Å². The normalized spacial score (nSPS) is 16.8. The van der Waals surface area contributed by atoms with Crippen LogP contribution < -0.4 is 9.64 Å². The number of aromatic nitrogens is 1. The highest BCUT2D eigenvalue weighted by Gasteiger charge is 2.35. The molecule has 1 saturated heterocycles. The first kappa shape index (κ1) is 27.8. The van der Waals surface area contributed by atoms with E-state index in [0.717, 1.165) is 73.7 Å². The Balaban J connectivity index is 1.26. The number of nitrogens with zero attached hydrogens (tertiary/aromatic N) is 3. The van der Waals surface area contributed by atoms with Crippen LogP contribution in [0.25, 0.3) is 16.8 Å². The molecule has 2 aromatic carbocycles. The number of carboxylic acid groups (broad SMARTS) is 1. The van der Waals surface area contributed by atoms with Crippen LogP contribution in [0.1, 0.15) is 48.1 Å². The second-order valence-electron chi connectivity index (χ2n) is 10.3. The van der Waals surface area contributed by atoms with Crippen LogP contribution in [0.3, 0.4) is 0 Å². The van der Waals surface area contributed by atoms with Crippen LogP contribution in [0.2, 0.25) is 0 Å². The van der Waals surface area contributed by atoms with Gasteiger partial charge in [0.15, 0.2) is 0 Å². The second kappa shape index (κ2) is 11.4. The molecule has 2 heterocycles. The van der Waals surface area contributed by atoms with Crippen LogP contribution >= 0.6 is 0 Å². The van der Waals surface area contributed by atoms with Crippen LogP contribution in [0.5, 0.6) is 5.75 Å². The molecule has 0 spiro atoms. The first-order valence-corrected chi connectivity index (χ1v) is 13.5. The van der Waals surface area contributed by atoms with Crippen molar-refractivity contribution in [1.29, 1.82) is 0 Å². The average molecular weight is 556 g/mol. The van der Waals surface area contributed by atoms with Crippen molar-refractivity contribution in [2.45, 2.75) is 45.4 Å². The van der Waals surface area contributed by atoms with Crippen molar-refractivity contribution in [2.24, 2.45) is 0 Å². The summed E-state index contributed by atoms with van der Waals surface area (Å²) in [6.45, 7) is 7.64. The molecule has 2 aliphatic rings. The number of aliphatic carboxylic acids is 1. The lowest BCUT2D eigenvalue weighted by Crippen LogP contribution is -2.47. The fraction of sp³-hybridized carbons (Fsp3) is 0.400. The van der Waals surface area contributed by atoms with Crippen LogP contribution in [0, 0.1) is 6.92 Å². The maximum Gasteiger partial charge on any atom is 0.573 e. The average Bonchev–Trinajstić information content (AvgIpc) is 3.67. The summed E-state index contributed by atoms with van der Waals surface area (Å²) in [6, 6.07) is 11.9. The highest BCUT2D eigenvalue weighted by molar-refractivity contribution is 6.15. The molecule has 1 aliphatic carbocycles. The highest BCUT2D eigenvalue weighted by Crippen LogP contribution is 2.45. The minimum atomic E-state index is -4.80. The number of rotatable bonds is 9. The molecule has 1 aliphatic heterocycles. The largest absolute Gasteiger partial charge is 0.573 e. The zero-order valence-electron chi connectivity index (χ0n) is 22.5. The minimum absolute atomic E-state index is 0.263. The standard InChI is InChI=1S/C30H32F3N3O4/c1-3-22(29(37)38)23-11-10-21(18-19(23)2)36-16-14-35(15-17-36)13-12-25-27(34-40-28(25)20-8-9-20)24-6-4-5-7-26(24)39-30(31,32)33/h3-7,10-11,18,20H,8-9,12-17H2,1-2H3,(H,37,38)/b22-3+. The molecule has 3 aromatic rings. The van der Waals surface area contributed by atoms with Gasteiger partial charge < -0.3 is 19.3 Å². The molecule has 5 rings (SSSR count). The summed E-state index contributed by atoms with van der Waals surface area (Å²) in [5, 5.41) is 13.7. The summed E-state index contributed by atoms with van der Waals surface area (Å²) in [5.41, 5.74) is 4.53. The number of allylic oxidation sites excluding steroid dienone is 1. The number of hydrogen-bond acceptors (Lipinski definition) is 6. The number of alkyl halides is 3. The Morgan fingerprint density at radius 3 is 2.50 bits per heavy atom. The fourth-order valence-corrected chi connectivity index (χ4v) is 5.36. The van der Waals surface area contributed by atoms with Gasteiger partial charge in [-0.3, -0.25) is 4.90 Å². The Morgan fingerprint density at radius 1 is 1.15 bits per heavy atom. The Bertz CT molecular complexity index is 1400. The van der Waals surface area contributed by atoms with E-state index in [1.165, 1.54) is 12.1 Å². The van der Waals surface area contributed by atoms with Crippen molar-refractivity contribution in [3.63, 3.8) is 0 Å². The van der Waals surface area contributed by atoms with Crippen LogP contribution in [0.15, 0.2) is 53.1 Å². The number of halogens is 3. The second-order valence-corrected chi connectivity index (χ2v) is 10.3. The summed E-state index contributed by atoms with van der Waals surface area (Å²) >= 11 is 0. The van der Waals surface area contributed by atoms with E-state index in [2.05, 4.69) is 19.7 Å². The van der Waals surface area contributed by atoms with E-state index in [9.17, 15) is 23.1 Å². The third-order valence-electron chi connectivity index (χ3n) is 7.57. The Morgan fingerprint density at radius 2 is 1.88 bits per heavy atom. The van der Waals surface area contributed by atoms with Gasteiger partial charge >= 0.3 is 12.3 Å². The van der Waals surface area contributed by atoms with Crippen molar-refractivity contribution in [3.8, 4) is 17.0 Å². The Labute approximate surface area is 230 Å². The lowest BCUT2D eigenvalue weighted by Gasteiger charge is -2.36. The van der Waals surface area contributed by atoms with Crippen molar-refractivity contribution in [2.75, 3.05) is 37.6 Å². The molecule has 1 N–H and O–H groups in total. The van der Waals surface area contributed by atoms with E-state index in [-0.39, 0.29) is 17.2 Å². The molecule has 0 atom stereocenters. The molecule has 1 aromatic heterocycles. The van der Waals surface area contributed by atoms with Gasteiger partial charge in [-0.15, -0.1) is 13.2 Å². The Kier molecular flexibility index (Phi) is 7.89. The van der Waals surface area contributed by atoms with Crippen molar-refractivity contribution >= 4 is 17.2 Å². The zero-order chi connectivity index (χ0) is 28.4. The molecule has 10 heteroatoms. The molecule has 7 nitrogen and oxygen atoms in total. The highest BCUT2D eigenvalue weighted by atomic mass is 19.4. The van der Waals surface area contributed by atoms with Crippen LogP contribution in [-0.4, -0.2) is 60.2 Å². The number of para-hydroxylation sites is 1. The summed E-state index contributed by atoms with van der Waals surface area (Å²) in [7, 11) is 0. The quantitative estimate of drug-likeness (QED) is 0.312. The van der Waals surface area contributed by atoms with E-state index in [1.807, 2.05) is 25.1 Å². The maximum absolute atomic E-state index is 13.0. The molecular weight excluding hydrogens is 523 g/mol. The van der Waals surface area contributed by atoms with Crippen molar-refractivity contribution in [1.82, 2.24) is 10.1 Å². The number of anilines is 1. The lowest BCUT2D eigenvalue weighted by molar-refractivity contribution is -0.274. The third kappa shape index (κ3) is 6.17. The molecule has 212 valence electrons.